The van der Waals surface area contributed by atoms with Gasteiger partial charge < -0.3 is 15.1 Å². The van der Waals surface area contributed by atoms with E-state index in [0.717, 1.165) is 47.6 Å². The van der Waals surface area contributed by atoms with Gasteiger partial charge >= 0.3 is 0 Å². The molecule has 3 heterocycles. The van der Waals surface area contributed by atoms with E-state index in [-0.39, 0.29) is 6.04 Å². The average molecular weight is 410 g/mol. The van der Waals surface area contributed by atoms with Crippen molar-refractivity contribution in [1.82, 2.24) is 20.5 Å². The molecule has 1 aliphatic heterocycles. The molecule has 1 atom stereocenters. The zero-order chi connectivity index (χ0) is 19.9. The van der Waals surface area contributed by atoms with E-state index in [0.29, 0.717) is 6.54 Å². The second-order valence-corrected chi connectivity index (χ2v) is 8.02. The Hall–Kier alpha value is -2.64. The molecule has 4 rings (SSSR count). The summed E-state index contributed by atoms with van der Waals surface area (Å²) in [7, 11) is 1.80. The molecule has 0 radical (unpaired) electrons. The van der Waals surface area contributed by atoms with Crippen LogP contribution in [-0.2, 0) is 6.54 Å². The number of benzene rings is 1. The molecule has 2 N–H and O–H groups in total. The third-order valence-electron chi connectivity index (χ3n) is 5.17. The lowest BCUT2D eigenvalue weighted by molar-refractivity contribution is 0.215. The van der Waals surface area contributed by atoms with Gasteiger partial charge in [-0.3, -0.25) is 9.89 Å². The Kier molecular flexibility index (Phi) is 6.59. The molecule has 1 aromatic carbocycles. The number of nitrogens with zero attached hydrogens (tertiary/aromatic N) is 3. The predicted molar refractivity (Wildman–Crippen MR) is 118 cm³/mol. The molecule has 3 aromatic rings. The van der Waals surface area contributed by atoms with Crippen LogP contribution in [0.5, 0.6) is 0 Å². The van der Waals surface area contributed by atoms with Crippen molar-refractivity contribution < 1.29 is 4.42 Å². The van der Waals surface area contributed by atoms with Gasteiger partial charge in [-0.25, -0.2) is 4.98 Å². The molecule has 2 aromatic heterocycles. The number of hydrogen-bond donors (Lipinski definition) is 2. The largest absolute Gasteiger partial charge is 0.468 e. The lowest BCUT2D eigenvalue weighted by Gasteiger charge is -2.26. The van der Waals surface area contributed by atoms with Crippen molar-refractivity contribution in [2.45, 2.75) is 25.4 Å². The van der Waals surface area contributed by atoms with Crippen LogP contribution in [0.15, 0.2) is 63.5 Å². The lowest BCUT2D eigenvalue weighted by atomic mass is 10.2. The van der Waals surface area contributed by atoms with Crippen LogP contribution in [0.25, 0.3) is 11.3 Å². The highest BCUT2D eigenvalue weighted by Gasteiger charge is 2.25. The third kappa shape index (κ3) is 5.05. The molecule has 1 saturated heterocycles. The van der Waals surface area contributed by atoms with Crippen molar-refractivity contribution >= 4 is 17.3 Å². The zero-order valence-corrected chi connectivity index (χ0v) is 17.5. The molecule has 1 aliphatic rings. The van der Waals surface area contributed by atoms with Crippen LogP contribution in [0, 0.1) is 0 Å². The molecule has 0 saturated carbocycles. The van der Waals surface area contributed by atoms with Crippen LogP contribution in [0.1, 0.15) is 29.7 Å². The number of thiazole rings is 1. The summed E-state index contributed by atoms with van der Waals surface area (Å²) in [5.41, 5.74) is 2.16. The Balaban J connectivity index is 1.33. The van der Waals surface area contributed by atoms with Crippen LogP contribution < -0.4 is 10.6 Å². The van der Waals surface area contributed by atoms with Crippen molar-refractivity contribution in [1.29, 1.82) is 0 Å². The first-order chi connectivity index (χ1) is 14.3. The van der Waals surface area contributed by atoms with E-state index >= 15 is 0 Å². The number of nitrogens with one attached hydrogen (secondary N) is 2. The number of aliphatic imine (C=N–C) groups is 1. The van der Waals surface area contributed by atoms with Crippen molar-refractivity contribution in [3.63, 3.8) is 0 Å². The number of aromatic nitrogens is 1. The summed E-state index contributed by atoms with van der Waals surface area (Å²) in [4.78, 5) is 11.6. The van der Waals surface area contributed by atoms with Gasteiger partial charge in [-0.1, -0.05) is 30.3 Å². The standard InChI is InChI=1S/C22H27N5OS/c1-23-22(24-14-19(20-10-7-13-28-20)27-11-5-6-12-27)25-15-21-26-18(16-29-21)17-8-3-2-4-9-17/h2-4,7-10,13,16,19H,5-6,11-12,14-15H2,1H3,(H2,23,24,25). The smallest absolute Gasteiger partial charge is 0.191 e. The molecule has 7 heteroatoms. The molecule has 0 bridgehead atoms. The highest BCUT2D eigenvalue weighted by atomic mass is 32.1. The molecule has 6 nitrogen and oxygen atoms in total. The molecule has 0 amide bonds. The Labute approximate surface area is 175 Å². The number of likely N-dealkylation sites (tertiary alicyclic amines) is 1. The molecule has 0 spiro atoms. The first-order valence-electron chi connectivity index (χ1n) is 10.1. The van der Waals surface area contributed by atoms with Crippen LogP contribution in [0.2, 0.25) is 0 Å². The normalized spacial score (nSPS) is 16.1. The maximum Gasteiger partial charge on any atom is 0.191 e. The van der Waals surface area contributed by atoms with E-state index in [9.17, 15) is 0 Å². The summed E-state index contributed by atoms with van der Waals surface area (Å²) in [6.07, 6.45) is 4.24. The second-order valence-electron chi connectivity index (χ2n) is 7.07. The summed E-state index contributed by atoms with van der Waals surface area (Å²) in [5.74, 6) is 1.78. The fourth-order valence-electron chi connectivity index (χ4n) is 3.65. The van der Waals surface area contributed by atoms with Gasteiger partial charge in [-0.2, -0.15) is 0 Å². The fraction of sp³-hybridized carbons (Fsp3) is 0.364. The Morgan fingerprint density at radius 2 is 2.00 bits per heavy atom. The van der Waals surface area contributed by atoms with Crippen LogP contribution in [0.4, 0.5) is 0 Å². The second kappa shape index (κ2) is 9.71. The molecule has 0 aliphatic carbocycles. The Bertz CT molecular complexity index is 900. The molecule has 29 heavy (non-hydrogen) atoms. The minimum atomic E-state index is 0.218. The van der Waals surface area contributed by atoms with Gasteiger partial charge in [-0.15, -0.1) is 11.3 Å². The van der Waals surface area contributed by atoms with Crippen LogP contribution in [0.3, 0.4) is 0 Å². The summed E-state index contributed by atoms with van der Waals surface area (Å²) >= 11 is 1.66. The Morgan fingerprint density at radius 1 is 1.17 bits per heavy atom. The number of rotatable bonds is 7. The van der Waals surface area contributed by atoms with Gasteiger partial charge in [0.15, 0.2) is 5.96 Å². The fourth-order valence-corrected chi connectivity index (χ4v) is 4.39. The van der Waals surface area contributed by atoms with Crippen LogP contribution in [-0.4, -0.2) is 42.5 Å². The maximum atomic E-state index is 5.70. The minimum absolute atomic E-state index is 0.218. The molecular weight excluding hydrogens is 382 g/mol. The van der Waals surface area contributed by atoms with E-state index in [2.05, 4.69) is 44.1 Å². The van der Waals surface area contributed by atoms with Gasteiger partial charge in [0, 0.05) is 24.5 Å². The van der Waals surface area contributed by atoms with Crippen molar-refractivity contribution in [2.24, 2.45) is 4.99 Å². The molecule has 1 fully saturated rings. The molecule has 1 unspecified atom stereocenters. The Morgan fingerprint density at radius 3 is 2.72 bits per heavy atom. The van der Waals surface area contributed by atoms with Crippen molar-refractivity contribution in [2.75, 3.05) is 26.7 Å². The van der Waals surface area contributed by atoms with Crippen molar-refractivity contribution in [3.8, 4) is 11.3 Å². The van der Waals surface area contributed by atoms with E-state index in [1.54, 1.807) is 24.6 Å². The predicted octanol–water partition coefficient (Wildman–Crippen LogP) is 3.91. The summed E-state index contributed by atoms with van der Waals surface area (Å²) < 4.78 is 5.70. The topological polar surface area (TPSA) is 65.7 Å². The SMILES string of the molecule is CN=C(NCc1nc(-c2ccccc2)cs1)NCC(c1ccco1)N1CCCC1. The van der Waals surface area contributed by atoms with Crippen LogP contribution >= 0.6 is 11.3 Å². The lowest BCUT2D eigenvalue weighted by Crippen LogP contribution is -2.42. The highest BCUT2D eigenvalue weighted by molar-refractivity contribution is 7.09. The molecular formula is C22H27N5OS. The zero-order valence-electron chi connectivity index (χ0n) is 16.7. The van der Waals surface area contributed by atoms with E-state index in [1.165, 1.54) is 12.8 Å². The van der Waals surface area contributed by atoms with Crippen molar-refractivity contribution in [3.05, 3.63) is 64.9 Å². The molecule has 152 valence electrons. The van der Waals surface area contributed by atoms with Gasteiger partial charge in [-0.05, 0) is 38.1 Å². The van der Waals surface area contributed by atoms with Gasteiger partial charge in [0.25, 0.3) is 0 Å². The number of hydrogen-bond acceptors (Lipinski definition) is 5. The first kappa shape index (κ1) is 19.7. The quantitative estimate of drug-likeness (QED) is 0.458. The highest BCUT2D eigenvalue weighted by Crippen LogP contribution is 2.25. The minimum Gasteiger partial charge on any atom is -0.468 e. The average Bonchev–Trinajstić information content (AvgIpc) is 3.54. The summed E-state index contributed by atoms with van der Waals surface area (Å²) in [6.45, 7) is 3.62. The monoisotopic (exact) mass is 409 g/mol. The number of guanidine groups is 1. The number of furan rings is 1. The van der Waals surface area contributed by atoms with Gasteiger partial charge in [0.1, 0.15) is 10.8 Å². The van der Waals surface area contributed by atoms with E-state index in [1.807, 2.05) is 24.3 Å². The third-order valence-corrected chi connectivity index (χ3v) is 6.02. The van der Waals surface area contributed by atoms with E-state index in [4.69, 9.17) is 9.40 Å². The van der Waals surface area contributed by atoms with Gasteiger partial charge in [0.2, 0.25) is 0 Å². The van der Waals surface area contributed by atoms with E-state index < -0.39 is 0 Å². The maximum absolute atomic E-state index is 5.70. The summed E-state index contributed by atoms with van der Waals surface area (Å²) in [5, 5.41) is 9.97. The summed E-state index contributed by atoms with van der Waals surface area (Å²) in [6, 6.07) is 14.5. The van der Waals surface area contributed by atoms with Gasteiger partial charge in [0.05, 0.1) is 24.5 Å². The first-order valence-corrected chi connectivity index (χ1v) is 10.9.